The minimum absolute atomic E-state index is 0.724. The molecule has 0 aliphatic carbocycles. The van der Waals surface area contributed by atoms with Crippen LogP contribution in [0.4, 0.5) is 0 Å². The number of likely N-dealkylation sites (N-methyl/N-ethyl adjacent to an activating group) is 1. The largest absolute Gasteiger partial charge is 0.305 e. The molecule has 1 aliphatic rings. The molecule has 0 aromatic carbocycles. The molecule has 3 heteroatoms. The SMILES string of the molecule is CN(C)C1CCN(Cc2cccnc2)C1. The molecule has 0 radical (unpaired) electrons. The van der Waals surface area contributed by atoms with Crippen LogP contribution in [-0.4, -0.2) is 48.0 Å². The summed E-state index contributed by atoms with van der Waals surface area (Å²) in [6.07, 6.45) is 5.08. The van der Waals surface area contributed by atoms with Gasteiger partial charge in [0.1, 0.15) is 0 Å². The molecule has 0 spiro atoms. The lowest BCUT2D eigenvalue weighted by atomic mass is 10.2. The summed E-state index contributed by atoms with van der Waals surface area (Å²) in [7, 11) is 4.33. The second kappa shape index (κ2) is 4.73. The molecule has 0 amide bonds. The second-order valence-electron chi connectivity index (χ2n) is 4.50. The van der Waals surface area contributed by atoms with Gasteiger partial charge >= 0.3 is 0 Å². The molecule has 0 saturated carbocycles. The van der Waals surface area contributed by atoms with Crippen molar-refractivity contribution in [3.05, 3.63) is 30.1 Å². The third-order valence-corrected chi connectivity index (χ3v) is 3.11. The summed E-state index contributed by atoms with van der Waals surface area (Å²) in [6.45, 7) is 3.43. The Balaban J connectivity index is 1.88. The first-order valence-corrected chi connectivity index (χ1v) is 5.53. The first-order valence-electron chi connectivity index (χ1n) is 5.53. The molecule has 2 heterocycles. The van der Waals surface area contributed by atoms with Gasteiger partial charge in [-0.25, -0.2) is 0 Å². The fraction of sp³-hybridized carbons (Fsp3) is 0.583. The number of nitrogens with zero attached hydrogens (tertiary/aromatic N) is 3. The van der Waals surface area contributed by atoms with Crippen molar-refractivity contribution in [2.24, 2.45) is 0 Å². The molecular formula is C12H19N3. The smallest absolute Gasteiger partial charge is 0.0312 e. The Morgan fingerprint density at radius 1 is 1.53 bits per heavy atom. The summed E-state index contributed by atoms with van der Waals surface area (Å²) < 4.78 is 0. The maximum Gasteiger partial charge on any atom is 0.0312 e. The van der Waals surface area contributed by atoms with E-state index in [1.165, 1.54) is 25.1 Å². The van der Waals surface area contributed by atoms with E-state index in [2.05, 4.69) is 34.9 Å². The van der Waals surface area contributed by atoms with Crippen LogP contribution >= 0.6 is 0 Å². The molecule has 1 fully saturated rings. The molecule has 0 bridgehead atoms. The number of aromatic nitrogens is 1. The van der Waals surface area contributed by atoms with Gasteiger partial charge in [-0.3, -0.25) is 9.88 Å². The normalized spacial score (nSPS) is 22.5. The van der Waals surface area contributed by atoms with Gasteiger partial charge in [0.15, 0.2) is 0 Å². The van der Waals surface area contributed by atoms with Gasteiger partial charge in [-0.1, -0.05) is 6.07 Å². The van der Waals surface area contributed by atoms with Crippen LogP contribution in [0.5, 0.6) is 0 Å². The van der Waals surface area contributed by atoms with Crippen molar-refractivity contribution in [1.29, 1.82) is 0 Å². The van der Waals surface area contributed by atoms with E-state index in [0.717, 1.165) is 12.6 Å². The van der Waals surface area contributed by atoms with Crippen molar-refractivity contribution in [3.63, 3.8) is 0 Å². The highest BCUT2D eigenvalue weighted by molar-refractivity contribution is 5.08. The lowest BCUT2D eigenvalue weighted by Crippen LogP contribution is -2.31. The number of rotatable bonds is 3. The van der Waals surface area contributed by atoms with Crippen molar-refractivity contribution < 1.29 is 0 Å². The lowest BCUT2D eigenvalue weighted by Gasteiger charge is -2.20. The van der Waals surface area contributed by atoms with Crippen LogP contribution in [0.3, 0.4) is 0 Å². The molecule has 1 atom stereocenters. The van der Waals surface area contributed by atoms with E-state index < -0.39 is 0 Å². The number of hydrogen-bond donors (Lipinski definition) is 0. The average molecular weight is 205 g/mol. The van der Waals surface area contributed by atoms with Gasteiger partial charge in [-0.15, -0.1) is 0 Å². The van der Waals surface area contributed by atoms with Gasteiger partial charge in [-0.2, -0.15) is 0 Å². The Kier molecular flexibility index (Phi) is 3.34. The van der Waals surface area contributed by atoms with E-state index in [9.17, 15) is 0 Å². The van der Waals surface area contributed by atoms with Crippen LogP contribution in [0, 0.1) is 0 Å². The molecule has 3 nitrogen and oxygen atoms in total. The quantitative estimate of drug-likeness (QED) is 0.739. The first-order chi connectivity index (χ1) is 7.25. The maximum absolute atomic E-state index is 4.14. The predicted molar refractivity (Wildman–Crippen MR) is 61.6 cm³/mol. The first kappa shape index (κ1) is 10.6. The average Bonchev–Trinajstić information content (AvgIpc) is 2.68. The van der Waals surface area contributed by atoms with Crippen molar-refractivity contribution in [3.8, 4) is 0 Å². The zero-order valence-electron chi connectivity index (χ0n) is 9.56. The van der Waals surface area contributed by atoms with Crippen molar-refractivity contribution in [1.82, 2.24) is 14.8 Å². The zero-order valence-corrected chi connectivity index (χ0v) is 9.56. The predicted octanol–water partition coefficient (Wildman–Crippen LogP) is 1.22. The highest BCUT2D eigenvalue weighted by atomic mass is 15.2. The van der Waals surface area contributed by atoms with Crippen molar-refractivity contribution in [2.75, 3.05) is 27.2 Å². The fourth-order valence-electron chi connectivity index (χ4n) is 2.13. The Morgan fingerprint density at radius 2 is 2.40 bits per heavy atom. The maximum atomic E-state index is 4.14. The van der Waals surface area contributed by atoms with Gasteiger partial charge in [0.25, 0.3) is 0 Å². The molecule has 1 aromatic rings. The molecule has 0 N–H and O–H groups in total. The summed E-state index contributed by atoms with van der Waals surface area (Å²) in [4.78, 5) is 8.97. The van der Waals surface area contributed by atoms with Crippen LogP contribution in [0.1, 0.15) is 12.0 Å². The van der Waals surface area contributed by atoms with Crippen molar-refractivity contribution in [2.45, 2.75) is 19.0 Å². The van der Waals surface area contributed by atoms with E-state index in [1.54, 1.807) is 0 Å². The van der Waals surface area contributed by atoms with E-state index in [1.807, 2.05) is 18.5 Å². The molecule has 1 unspecified atom stereocenters. The summed E-state index contributed by atoms with van der Waals surface area (Å²) in [5, 5.41) is 0. The second-order valence-corrected chi connectivity index (χ2v) is 4.50. The summed E-state index contributed by atoms with van der Waals surface area (Å²) in [5.74, 6) is 0. The highest BCUT2D eigenvalue weighted by Gasteiger charge is 2.23. The van der Waals surface area contributed by atoms with Gasteiger partial charge in [0.05, 0.1) is 0 Å². The Labute approximate surface area is 91.7 Å². The minimum Gasteiger partial charge on any atom is -0.305 e. The summed E-state index contributed by atoms with van der Waals surface area (Å²) in [6, 6.07) is 4.88. The molecular weight excluding hydrogens is 186 g/mol. The molecule has 15 heavy (non-hydrogen) atoms. The van der Waals surface area contributed by atoms with Crippen LogP contribution < -0.4 is 0 Å². The Hall–Kier alpha value is -0.930. The van der Waals surface area contributed by atoms with E-state index in [4.69, 9.17) is 0 Å². The van der Waals surface area contributed by atoms with E-state index in [-0.39, 0.29) is 0 Å². The molecule has 82 valence electrons. The standard InChI is InChI=1S/C12H19N3/c1-14(2)12-5-7-15(10-12)9-11-4-3-6-13-8-11/h3-4,6,8,12H,5,7,9-10H2,1-2H3. The van der Waals surface area contributed by atoms with Gasteiger partial charge in [0.2, 0.25) is 0 Å². The van der Waals surface area contributed by atoms with Gasteiger partial charge in [-0.05, 0) is 32.1 Å². The van der Waals surface area contributed by atoms with E-state index in [0.29, 0.717) is 0 Å². The number of likely N-dealkylation sites (tertiary alicyclic amines) is 1. The third kappa shape index (κ3) is 2.76. The molecule has 1 aromatic heterocycles. The van der Waals surface area contributed by atoms with Crippen LogP contribution in [0.25, 0.3) is 0 Å². The topological polar surface area (TPSA) is 19.4 Å². The van der Waals surface area contributed by atoms with Gasteiger partial charge in [0, 0.05) is 38.1 Å². The van der Waals surface area contributed by atoms with E-state index >= 15 is 0 Å². The zero-order chi connectivity index (χ0) is 10.7. The van der Waals surface area contributed by atoms with Crippen LogP contribution in [0.2, 0.25) is 0 Å². The molecule has 1 aliphatic heterocycles. The third-order valence-electron chi connectivity index (χ3n) is 3.11. The summed E-state index contributed by atoms with van der Waals surface area (Å²) in [5.41, 5.74) is 1.32. The fourth-order valence-corrected chi connectivity index (χ4v) is 2.13. The Morgan fingerprint density at radius 3 is 3.00 bits per heavy atom. The number of pyridine rings is 1. The van der Waals surface area contributed by atoms with Crippen molar-refractivity contribution >= 4 is 0 Å². The van der Waals surface area contributed by atoms with Gasteiger partial charge < -0.3 is 4.90 Å². The Bertz CT molecular complexity index is 297. The summed E-state index contributed by atoms with van der Waals surface area (Å²) >= 11 is 0. The highest BCUT2D eigenvalue weighted by Crippen LogP contribution is 2.15. The number of hydrogen-bond acceptors (Lipinski definition) is 3. The molecule has 1 saturated heterocycles. The lowest BCUT2D eigenvalue weighted by molar-refractivity contribution is 0.264. The minimum atomic E-state index is 0.724. The monoisotopic (exact) mass is 205 g/mol. The molecule has 2 rings (SSSR count). The van der Waals surface area contributed by atoms with Crippen LogP contribution in [0.15, 0.2) is 24.5 Å². The van der Waals surface area contributed by atoms with Crippen LogP contribution in [-0.2, 0) is 6.54 Å².